The van der Waals surface area contributed by atoms with E-state index in [9.17, 15) is 0 Å². The van der Waals surface area contributed by atoms with Crippen LogP contribution in [0, 0.1) is 0 Å². The van der Waals surface area contributed by atoms with Gasteiger partial charge in [0.2, 0.25) is 0 Å². The van der Waals surface area contributed by atoms with Crippen molar-refractivity contribution in [2.75, 3.05) is 7.11 Å². The van der Waals surface area contributed by atoms with Crippen molar-refractivity contribution in [1.82, 2.24) is 0 Å². The molecule has 17 heavy (non-hydrogen) atoms. The normalized spacial score (nSPS) is 16.1. The average Bonchev–Trinajstić information content (AvgIpc) is 1.96. The van der Waals surface area contributed by atoms with Gasteiger partial charge in [0.05, 0.1) is 0 Å². The first-order valence-electron chi connectivity index (χ1n) is 5.98. The number of hydrogen-bond acceptors (Lipinski definition) is 4. The van der Waals surface area contributed by atoms with Crippen LogP contribution in [0.3, 0.4) is 0 Å². The van der Waals surface area contributed by atoms with Crippen molar-refractivity contribution in [2.24, 2.45) is 0 Å². The fraction of sp³-hybridized carbons (Fsp3) is 1.00. The molecule has 0 aliphatic heterocycles. The van der Waals surface area contributed by atoms with E-state index in [0.29, 0.717) is 0 Å². The Morgan fingerprint density at radius 1 is 0.765 bits per heavy atom. The van der Waals surface area contributed by atoms with Crippen molar-refractivity contribution in [3.63, 3.8) is 0 Å². The zero-order valence-corrected chi connectivity index (χ0v) is 16.9. The third kappa shape index (κ3) is 9.31. The highest BCUT2D eigenvalue weighted by molar-refractivity contribution is 6.83. The highest BCUT2D eigenvalue weighted by Gasteiger charge is 2.37. The van der Waals surface area contributed by atoms with Gasteiger partial charge >= 0.3 is 17.1 Å². The van der Waals surface area contributed by atoms with Crippen LogP contribution < -0.4 is 0 Å². The summed E-state index contributed by atoms with van der Waals surface area (Å²) in [5, 5.41) is 0. The summed E-state index contributed by atoms with van der Waals surface area (Å²) in [5.74, 6) is 0. The second-order valence-corrected chi connectivity index (χ2v) is 20.1. The van der Waals surface area contributed by atoms with E-state index in [4.69, 9.17) is 16.8 Å². The molecule has 0 fully saturated rings. The molecule has 0 aromatic heterocycles. The predicted molar refractivity (Wildman–Crippen MR) is 81.6 cm³/mol. The Morgan fingerprint density at radius 3 is 1.59 bits per heavy atom. The molecule has 0 aliphatic rings. The maximum atomic E-state index is 6.07. The minimum atomic E-state index is -2.13. The number of hydrogen-bond donors (Lipinski definition) is 0. The Morgan fingerprint density at radius 2 is 1.24 bits per heavy atom. The van der Waals surface area contributed by atoms with Crippen LogP contribution in [-0.4, -0.2) is 41.8 Å². The zero-order chi connectivity index (χ0) is 13.9. The lowest BCUT2D eigenvalue weighted by molar-refractivity contribution is 0.272. The van der Waals surface area contributed by atoms with E-state index in [0.717, 1.165) is 0 Å². The van der Waals surface area contributed by atoms with E-state index in [1.807, 2.05) is 13.1 Å². The van der Waals surface area contributed by atoms with Crippen molar-refractivity contribution >= 4 is 34.7 Å². The van der Waals surface area contributed by atoms with Gasteiger partial charge in [-0.15, -0.1) is 0 Å². The van der Waals surface area contributed by atoms with Gasteiger partial charge in [0.15, 0.2) is 8.32 Å². The summed E-state index contributed by atoms with van der Waals surface area (Å²) in [6, 6.07) is 0. The molecule has 1 unspecified atom stereocenters. The van der Waals surface area contributed by atoms with Crippen LogP contribution in [0.25, 0.3) is 0 Å². The Kier molecular flexibility index (Phi) is 6.50. The van der Waals surface area contributed by atoms with Crippen LogP contribution in [0.5, 0.6) is 0 Å². The van der Waals surface area contributed by atoms with Gasteiger partial charge in [-0.3, -0.25) is 0 Å². The molecule has 4 nitrogen and oxygen atoms in total. The molecule has 0 saturated carbocycles. The van der Waals surface area contributed by atoms with Gasteiger partial charge in [0.25, 0.3) is 9.28 Å². The molecule has 0 saturated heterocycles. The van der Waals surface area contributed by atoms with E-state index in [1.54, 1.807) is 7.11 Å². The summed E-state index contributed by atoms with van der Waals surface area (Å²) in [7, 11) is -5.54. The van der Waals surface area contributed by atoms with Crippen LogP contribution in [0.15, 0.2) is 0 Å². The van der Waals surface area contributed by atoms with E-state index < -0.39 is 34.7 Å². The average molecular weight is 313 g/mol. The smallest absolute Gasteiger partial charge is 0.322 e. The monoisotopic (exact) mass is 312 g/mol. The first-order chi connectivity index (χ1) is 7.37. The summed E-state index contributed by atoms with van der Waals surface area (Å²) < 4.78 is 23.6. The Labute approximate surface area is 111 Å². The Balaban J connectivity index is 4.35. The van der Waals surface area contributed by atoms with Crippen LogP contribution in [0.2, 0.25) is 52.4 Å². The van der Waals surface area contributed by atoms with E-state index in [2.05, 4.69) is 39.3 Å². The maximum absolute atomic E-state index is 6.07. The standard InChI is InChI=1S/C9H28O4Si4/c1-10-16(6,7)13-17(8,9)12-14(2)11-15(3,4)5/h14H,1-9H3. The highest BCUT2D eigenvalue weighted by atomic mass is 28.5. The minimum absolute atomic E-state index is 1.50. The first-order valence-corrected chi connectivity index (χ1v) is 17.1. The molecule has 0 aromatic carbocycles. The Hall–Kier alpha value is 0.708. The topological polar surface area (TPSA) is 36.9 Å². The van der Waals surface area contributed by atoms with Crippen LogP contribution in [0.1, 0.15) is 0 Å². The van der Waals surface area contributed by atoms with Crippen LogP contribution in [0.4, 0.5) is 0 Å². The van der Waals surface area contributed by atoms with Crippen LogP contribution in [-0.2, 0) is 16.8 Å². The largest absolute Gasteiger partial charge is 0.439 e. The summed E-state index contributed by atoms with van der Waals surface area (Å²) in [6.45, 7) is 16.8. The molecular weight excluding hydrogens is 284 g/mol. The van der Waals surface area contributed by atoms with E-state index in [1.165, 1.54) is 0 Å². The lowest BCUT2D eigenvalue weighted by atomic mass is 11.8. The van der Waals surface area contributed by atoms with Crippen molar-refractivity contribution in [3.05, 3.63) is 0 Å². The molecule has 8 heteroatoms. The third-order valence-corrected chi connectivity index (χ3v) is 14.6. The Bertz CT molecular complexity index is 240. The first kappa shape index (κ1) is 17.7. The lowest BCUT2D eigenvalue weighted by Crippen LogP contribution is -2.51. The summed E-state index contributed by atoms with van der Waals surface area (Å²) in [4.78, 5) is 0. The molecule has 1 atom stereocenters. The second-order valence-electron chi connectivity index (χ2n) is 6.02. The molecule has 0 bridgehead atoms. The maximum Gasteiger partial charge on any atom is 0.322 e. The molecule has 0 aliphatic carbocycles. The summed E-state index contributed by atoms with van der Waals surface area (Å²) in [5.41, 5.74) is 0. The number of rotatable bonds is 7. The van der Waals surface area contributed by atoms with Gasteiger partial charge in [-0.2, -0.15) is 0 Å². The van der Waals surface area contributed by atoms with E-state index in [-0.39, 0.29) is 0 Å². The summed E-state index contributed by atoms with van der Waals surface area (Å²) >= 11 is 0. The van der Waals surface area contributed by atoms with Crippen molar-refractivity contribution in [3.8, 4) is 0 Å². The van der Waals surface area contributed by atoms with Gasteiger partial charge in [0, 0.05) is 7.11 Å². The summed E-state index contributed by atoms with van der Waals surface area (Å²) in [6.07, 6.45) is 0. The minimum Gasteiger partial charge on any atom is -0.439 e. The van der Waals surface area contributed by atoms with Gasteiger partial charge in [-0.1, -0.05) is 0 Å². The lowest BCUT2D eigenvalue weighted by Gasteiger charge is -2.35. The van der Waals surface area contributed by atoms with Crippen molar-refractivity contribution < 1.29 is 16.8 Å². The fourth-order valence-corrected chi connectivity index (χ4v) is 15.1. The van der Waals surface area contributed by atoms with Gasteiger partial charge < -0.3 is 16.8 Å². The van der Waals surface area contributed by atoms with E-state index >= 15 is 0 Å². The molecular formula is C9H28O4Si4. The third-order valence-electron chi connectivity index (χ3n) is 1.95. The molecule has 0 amide bonds. The van der Waals surface area contributed by atoms with Crippen molar-refractivity contribution in [1.29, 1.82) is 0 Å². The van der Waals surface area contributed by atoms with Gasteiger partial charge in [0.1, 0.15) is 0 Å². The molecule has 0 radical (unpaired) electrons. The fourth-order valence-electron chi connectivity index (χ4n) is 1.58. The van der Waals surface area contributed by atoms with Crippen LogP contribution >= 0.6 is 0 Å². The molecule has 104 valence electrons. The SMILES string of the molecule is CO[Si](C)(C)O[Si](C)(C)O[SiH](C)O[Si](C)(C)C. The molecule has 0 rings (SSSR count). The predicted octanol–water partition coefficient (Wildman–Crippen LogP) is 2.77. The zero-order valence-electron chi connectivity index (χ0n) is 12.7. The molecule has 0 heterocycles. The second kappa shape index (κ2) is 6.24. The molecule has 0 aromatic rings. The quantitative estimate of drug-likeness (QED) is 0.677. The molecule has 0 spiro atoms. The molecule has 0 N–H and O–H groups in total. The highest BCUT2D eigenvalue weighted by Crippen LogP contribution is 2.18. The van der Waals surface area contributed by atoms with Gasteiger partial charge in [-0.25, -0.2) is 0 Å². The van der Waals surface area contributed by atoms with Gasteiger partial charge in [-0.05, 0) is 52.4 Å². The van der Waals surface area contributed by atoms with Crippen molar-refractivity contribution in [2.45, 2.75) is 52.4 Å².